The van der Waals surface area contributed by atoms with Crippen LogP contribution in [0.5, 0.6) is 0 Å². The van der Waals surface area contributed by atoms with Crippen LogP contribution in [0.4, 0.5) is 0 Å². The van der Waals surface area contributed by atoms with Gasteiger partial charge in [-0.1, -0.05) is 6.58 Å². The molecule has 0 aromatic heterocycles. The molecule has 5 nitrogen and oxygen atoms in total. The molecule has 0 aliphatic rings. The normalized spacial score (nSPS) is 13.0. The number of carbonyl (C=O) groups excluding carboxylic acids is 1. The zero-order valence-electron chi connectivity index (χ0n) is 15.9. The van der Waals surface area contributed by atoms with E-state index in [0.29, 0.717) is 13.2 Å². The van der Waals surface area contributed by atoms with Crippen LogP contribution in [0.15, 0.2) is 12.7 Å². The maximum atomic E-state index is 10.9. The van der Waals surface area contributed by atoms with Crippen LogP contribution in [-0.4, -0.2) is 51.0 Å². The fourth-order valence-electron chi connectivity index (χ4n) is 2.44. The van der Waals surface area contributed by atoms with Gasteiger partial charge in [-0.3, -0.25) is 0 Å². The van der Waals surface area contributed by atoms with Crippen molar-refractivity contribution in [3.8, 4) is 0 Å². The highest BCUT2D eigenvalue weighted by molar-refractivity contribution is 6.87. The first-order valence-corrected chi connectivity index (χ1v) is 17.5. The van der Waals surface area contributed by atoms with E-state index >= 15 is 0 Å². The highest BCUT2D eigenvalue weighted by atomic mass is 28.5. The summed E-state index contributed by atoms with van der Waals surface area (Å²) in [6.07, 6.45) is 2.10. The number of rotatable bonds is 12. The van der Waals surface area contributed by atoms with Crippen molar-refractivity contribution in [2.45, 2.75) is 58.3 Å². The molecule has 0 amide bonds. The van der Waals surface area contributed by atoms with Gasteiger partial charge in [0, 0.05) is 12.7 Å². The fraction of sp³-hybridized carbons (Fsp3) is 0.800. The molecule has 0 aromatic carbocycles. The summed E-state index contributed by atoms with van der Waals surface area (Å²) in [7, 11) is -5.38. The van der Waals surface area contributed by atoms with Crippen molar-refractivity contribution < 1.29 is 22.5 Å². The number of esters is 1. The third-order valence-corrected chi connectivity index (χ3v) is 12.9. The Labute approximate surface area is 144 Å². The van der Waals surface area contributed by atoms with E-state index in [1.807, 2.05) is 0 Å². The van der Waals surface area contributed by atoms with Crippen LogP contribution in [-0.2, 0) is 22.5 Å². The molecule has 0 N–H and O–H groups in total. The molecule has 23 heavy (non-hydrogen) atoms. The van der Waals surface area contributed by atoms with Crippen molar-refractivity contribution in [2.75, 3.05) is 19.8 Å². The summed E-state index contributed by atoms with van der Waals surface area (Å²) < 4.78 is 23.0. The van der Waals surface area contributed by atoms with E-state index < -0.39 is 31.2 Å². The molecular formula is C15H34O5Si3. The molecule has 0 aliphatic heterocycles. The number of ether oxygens (including phenoxy) is 2. The van der Waals surface area contributed by atoms with Gasteiger partial charge in [-0.05, 0) is 58.3 Å². The lowest BCUT2D eigenvalue weighted by Crippen LogP contribution is -2.51. The van der Waals surface area contributed by atoms with Crippen molar-refractivity contribution in [1.29, 1.82) is 0 Å². The standard InChI is InChI=1S/C15H34O5Si3/c1-9-15(16)18-13-12-17-11-10-14-22(5,6)20-23(7,8)19-21(2,3)4/h9H,1,10-14H2,2-8H3. The summed E-state index contributed by atoms with van der Waals surface area (Å²) in [4.78, 5) is 10.9. The molecule has 0 unspecified atom stereocenters. The van der Waals surface area contributed by atoms with Gasteiger partial charge in [-0.15, -0.1) is 0 Å². The van der Waals surface area contributed by atoms with Crippen LogP contribution >= 0.6 is 0 Å². The van der Waals surface area contributed by atoms with Crippen molar-refractivity contribution in [3.05, 3.63) is 12.7 Å². The SMILES string of the molecule is C=CC(=O)OCCOCCC[Si](C)(C)O[Si](C)(C)O[Si](C)(C)C. The summed E-state index contributed by atoms with van der Waals surface area (Å²) in [5.74, 6) is -0.412. The summed E-state index contributed by atoms with van der Waals surface area (Å²) in [6, 6.07) is 1.03. The third-order valence-electron chi connectivity index (χ3n) is 2.78. The second kappa shape index (κ2) is 9.90. The van der Waals surface area contributed by atoms with Crippen LogP contribution in [0, 0.1) is 0 Å². The Kier molecular flexibility index (Phi) is 9.79. The van der Waals surface area contributed by atoms with Gasteiger partial charge in [0.05, 0.1) is 6.61 Å². The molecule has 0 fully saturated rings. The Morgan fingerprint density at radius 1 is 0.957 bits per heavy atom. The van der Waals surface area contributed by atoms with E-state index in [9.17, 15) is 4.79 Å². The van der Waals surface area contributed by atoms with Crippen molar-refractivity contribution in [2.24, 2.45) is 0 Å². The van der Waals surface area contributed by atoms with Crippen LogP contribution in [0.25, 0.3) is 0 Å². The third kappa shape index (κ3) is 13.8. The van der Waals surface area contributed by atoms with Gasteiger partial charge >= 0.3 is 14.5 Å². The van der Waals surface area contributed by atoms with Crippen LogP contribution in [0.3, 0.4) is 0 Å². The second-order valence-corrected chi connectivity index (χ2v) is 20.2. The van der Waals surface area contributed by atoms with Gasteiger partial charge in [0.25, 0.3) is 0 Å². The molecule has 0 atom stereocenters. The Balaban J connectivity index is 3.96. The van der Waals surface area contributed by atoms with Gasteiger partial charge in [-0.2, -0.15) is 0 Å². The summed E-state index contributed by atoms with van der Waals surface area (Å²) in [5, 5.41) is 0. The lowest BCUT2D eigenvalue weighted by atomic mass is 10.5. The van der Waals surface area contributed by atoms with Gasteiger partial charge in [0.1, 0.15) is 6.61 Å². The Bertz CT molecular complexity index is 378. The Morgan fingerprint density at radius 3 is 2.09 bits per heavy atom. The molecule has 0 aromatic rings. The average molecular weight is 379 g/mol. The Hall–Kier alpha value is -0.259. The molecule has 0 aliphatic carbocycles. The van der Waals surface area contributed by atoms with Gasteiger partial charge in [0.15, 0.2) is 16.6 Å². The monoisotopic (exact) mass is 378 g/mol. The predicted molar refractivity (Wildman–Crippen MR) is 102 cm³/mol. The lowest BCUT2D eigenvalue weighted by Gasteiger charge is -2.37. The second-order valence-electron chi connectivity index (χ2n) is 7.56. The first kappa shape index (κ1) is 22.7. The van der Waals surface area contributed by atoms with Gasteiger partial charge < -0.3 is 17.7 Å². The van der Waals surface area contributed by atoms with Gasteiger partial charge in [0.2, 0.25) is 0 Å². The zero-order valence-corrected chi connectivity index (χ0v) is 18.9. The van der Waals surface area contributed by atoms with Crippen LogP contribution in [0.2, 0.25) is 51.9 Å². The molecule has 0 radical (unpaired) electrons. The summed E-state index contributed by atoms with van der Waals surface area (Å²) in [5.41, 5.74) is 0. The quantitative estimate of drug-likeness (QED) is 0.223. The highest BCUT2D eigenvalue weighted by Gasteiger charge is 2.37. The van der Waals surface area contributed by atoms with Gasteiger partial charge in [-0.25, -0.2) is 4.79 Å². The molecule has 0 spiro atoms. The van der Waals surface area contributed by atoms with E-state index in [1.54, 1.807) is 0 Å². The minimum absolute atomic E-state index is 0.270. The van der Waals surface area contributed by atoms with E-state index in [-0.39, 0.29) is 6.61 Å². The smallest absolute Gasteiger partial charge is 0.330 e. The van der Waals surface area contributed by atoms with Crippen LogP contribution in [0.1, 0.15) is 6.42 Å². The maximum absolute atomic E-state index is 10.9. The number of hydrogen-bond donors (Lipinski definition) is 0. The van der Waals surface area contributed by atoms with E-state index in [4.69, 9.17) is 17.7 Å². The average Bonchev–Trinajstić information content (AvgIpc) is 2.32. The van der Waals surface area contributed by atoms with E-state index in [1.165, 1.54) is 0 Å². The summed E-state index contributed by atoms with van der Waals surface area (Å²) >= 11 is 0. The fourth-order valence-corrected chi connectivity index (χ4v) is 15.6. The lowest BCUT2D eigenvalue weighted by molar-refractivity contribution is -0.139. The van der Waals surface area contributed by atoms with Crippen molar-refractivity contribution in [3.63, 3.8) is 0 Å². The first-order chi connectivity index (χ1) is 10.4. The zero-order chi connectivity index (χ0) is 18.1. The van der Waals surface area contributed by atoms with E-state index in [0.717, 1.165) is 18.5 Å². The minimum atomic E-state index is -2.06. The van der Waals surface area contributed by atoms with Crippen LogP contribution < -0.4 is 0 Å². The molecule has 136 valence electrons. The van der Waals surface area contributed by atoms with E-state index in [2.05, 4.69) is 52.4 Å². The summed E-state index contributed by atoms with van der Waals surface area (Å²) in [6.45, 7) is 20.0. The van der Waals surface area contributed by atoms with Crippen molar-refractivity contribution in [1.82, 2.24) is 0 Å². The van der Waals surface area contributed by atoms with Crippen molar-refractivity contribution >= 4 is 31.2 Å². The first-order valence-electron chi connectivity index (χ1n) is 8.14. The highest BCUT2D eigenvalue weighted by Crippen LogP contribution is 2.23. The molecule has 8 heteroatoms. The molecule has 0 bridgehead atoms. The topological polar surface area (TPSA) is 54.0 Å². The minimum Gasteiger partial charge on any atom is -0.460 e. The Morgan fingerprint density at radius 2 is 1.57 bits per heavy atom. The molecule has 0 rings (SSSR count). The maximum Gasteiger partial charge on any atom is 0.330 e. The molecule has 0 saturated heterocycles. The molecule has 0 saturated carbocycles. The molecular weight excluding hydrogens is 344 g/mol. The largest absolute Gasteiger partial charge is 0.460 e. The molecule has 0 heterocycles. The predicted octanol–water partition coefficient (Wildman–Crippen LogP) is 3.90. The number of carbonyl (C=O) groups is 1. The number of hydrogen-bond acceptors (Lipinski definition) is 5.